The summed E-state index contributed by atoms with van der Waals surface area (Å²) < 4.78 is 0. The molecule has 9 nitrogen and oxygen atoms in total. The zero-order valence-electron chi connectivity index (χ0n) is 15.0. The predicted octanol–water partition coefficient (Wildman–Crippen LogP) is -0.275. The van der Waals surface area contributed by atoms with E-state index in [9.17, 15) is 14.4 Å². The highest BCUT2D eigenvalue weighted by atomic mass is 32.2. The highest BCUT2D eigenvalue weighted by Crippen LogP contribution is 2.33. The monoisotopic (exact) mass is 389 g/mol. The zero-order valence-corrected chi connectivity index (χ0v) is 15.8. The summed E-state index contributed by atoms with van der Waals surface area (Å²) in [5, 5.41) is 14.8. The normalized spacial score (nSPS) is 24.7. The van der Waals surface area contributed by atoms with E-state index in [-0.39, 0.29) is 24.5 Å². The summed E-state index contributed by atoms with van der Waals surface area (Å²) in [6.07, 6.45) is 5.31. The van der Waals surface area contributed by atoms with E-state index in [1.165, 1.54) is 0 Å². The Morgan fingerprint density at radius 2 is 1.96 bits per heavy atom. The molecular weight excluding hydrogens is 358 g/mol. The fourth-order valence-corrected chi connectivity index (χ4v) is 4.46. The van der Waals surface area contributed by atoms with Gasteiger partial charge in [0.05, 0.1) is 18.1 Å². The van der Waals surface area contributed by atoms with Gasteiger partial charge in [-0.15, -0.1) is 0 Å². The van der Waals surface area contributed by atoms with E-state index in [1.54, 1.807) is 0 Å². The number of carbonyl (C=O) groups is 3. The number of carbonyl (C=O) groups excluding carboxylic acids is 2. The lowest BCUT2D eigenvalue weighted by atomic mass is 10.0. The van der Waals surface area contributed by atoms with Crippen molar-refractivity contribution in [2.24, 2.45) is 17.2 Å². The second-order valence-corrected chi connectivity index (χ2v) is 7.83. The molecule has 2 rings (SSSR count). The average Bonchev–Trinajstić information content (AvgIpc) is 3.11. The van der Waals surface area contributed by atoms with Crippen LogP contribution in [0, 0.1) is 0 Å². The molecular formula is C16H31N5O4S. The van der Waals surface area contributed by atoms with Gasteiger partial charge in [0.15, 0.2) is 0 Å². The number of urea groups is 1. The third-order valence-corrected chi connectivity index (χ3v) is 5.91. The fourth-order valence-electron chi connectivity index (χ4n) is 2.92. The van der Waals surface area contributed by atoms with Crippen molar-refractivity contribution in [3.63, 3.8) is 0 Å². The summed E-state index contributed by atoms with van der Waals surface area (Å²) >= 11 is 1.87. The first-order valence-electron chi connectivity index (χ1n) is 9.00. The molecule has 0 saturated carbocycles. The highest BCUT2D eigenvalue weighted by molar-refractivity contribution is 8.00. The summed E-state index contributed by atoms with van der Waals surface area (Å²) in [5.41, 5.74) is 15.5. The fraction of sp³-hybridized carbons (Fsp3) is 0.812. The number of amides is 3. The number of hydrogen-bond donors (Lipinski definition) is 6. The first kappa shape index (κ1) is 22.5. The lowest BCUT2D eigenvalue weighted by Gasteiger charge is -2.16. The van der Waals surface area contributed by atoms with Gasteiger partial charge in [-0.25, -0.2) is 4.79 Å². The number of thioether (sulfide) groups is 1. The molecule has 2 fully saturated rings. The molecule has 0 spiro atoms. The molecule has 10 heteroatoms. The summed E-state index contributed by atoms with van der Waals surface area (Å²) in [6.45, 7) is 0.644. The Morgan fingerprint density at radius 3 is 2.58 bits per heavy atom. The topological polar surface area (TPSA) is 174 Å². The van der Waals surface area contributed by atoms with E-state index < -0.39 is 17.9 Å². The minimum atomic E-state index is -0.729. The predicted molar refractivity (Wildman–Crippen MR) is 102 cm³/mol. The Balaban J connectivity index is 0.000000294. The van der Waals surface area contributed by atoms with Crippen molar-refractivity contribution in [3.8, 4) is 0 Å². The van der Waals surface area contributed by atoms with E-state index in [0.29, 0.717) is 18.2 Å². The Kier molecular flexibility index (Phi) is 10.4. The smallest absolute Gasteiger partial charge is 0.315 e. The second kappa shape index (κ2) is 12.0. The average molecular weight is 390 g/mol. The molecule has 26 heavy (non-hydrogen) atoms. The Hall–Kier alpha value is -1.52. The molecule has 2 aliphatic heterocycles. The Labute approximate surface area is 158 Å². The maximum absolute atomic E-state index is 11.1. The van der Waals surface area contributed by atoms with Crippen LogP contribution in [0.2, 0.25) is 0 Å². The van der Waals surface area contributed by atoms with Gasteiger partial charge in [-0.05, 0) is 32.2 Å². The number of fused-ring (bicyclic) bond motifs is 1. The summed E-state index contributed by atoms with van der Waals surface area (Å²) in [4.78, 5) is 31.8. The minimum absolute atomic E-state index is 0.0640. The third kappa shape index (κ3) is 8.24. The number of primary amides is 1. The van der Waals surface area contributed by atoms with E-state index >= 15 is 0 Å². The van der Waals surface area contributed by atoms with Gasteiger partial charge in [-0.3, -0.25) is 9.59 Å². The van der Waals surface area contributed by atoms with Crippen LogP contribution in [0.15, 0.2) is 0 Å². The minimum Gasteiger partial charge on any atom is -0.481 e. The summed E-state index contributed by atoms with van der Waals surface area (Å²) in [6, 6.07) is -0.0540. The van der Waals surface area contributed by atoms with E-state index in [4.69, 9.17) is 22.3 Å². The molecule has 0 bridgehead atoms. The lowest BCUT2D eigenvalue weighted by molar-refractivity contribution is -0.137. The van der Waals surface area contributed by atoms with Crippen molar-refractivity contribution in [1.29, 1.82) is 0 Å². The van der Waals surface area contributed by atoms with Crippen molar-refractivity contribution < 1.29 is 19.5 Å². The maximum Gasteiger partial charge on any atom is 0.315 e. The highest BCUT2D eigenvalue weighted by Gasteiger charge is 2.42. The van der Waals surface area contributed by atoms with Gasteiger partial charge in [0, 0.05) is 17.4 Å². The number of hydrogen-bond acceptors (Lipinski definition) is 6. The first-order valence-corrected chi connectivity index (χ1v) is 10.1. The van der Waals surface area contributed by atoms with Crippen LogP contribution in [0.25, 0.3) is 0 Å². The van der Waals surface area contributed by atoms with E-state index in [0.717, 1.165) is 37.9 Å². The number of carboxylic acids is 1. The van der Waals surface area contributed by atoms with Gasteiger partial charge in [0.1, 0.15) is 0 Å². The van der Waals surface area contributed by atoms with Crippen LogP contribution < -0.4 is 27.8 Å². The van der Waals surface area contributed by atoms with Crippen LogP contribution in [-0.2, 0) is 9.59 Å². The van der Waals surface area contributed by atoms with Crippen LogP contribution in [0.3, 0.4) is 0 Å². The van der Waals surface area contributed by atoms with E-state index in [1.807, 2.05) is 11.8 Å². The second-order valence-electron chi connectivity index (χ2n) is 6.55. The summed E-state index contributed by atoms with van der Waals surface area (Å²) in [7, 11) is 0. The van der Waals surface area contributed by atoms with Crippen LogP contribution in [0.4, 0.5) is 4.79 Å². The molecule has 3 amide bonds. The number of nitrogens with one attached hydrogen (secondary N) is 2. The Morgan fingerprint density at radius 1 is 1.23 bits per heavy atom. The number of carboxylic acid groups (broad SMARTS) is 1. The number of aliphatic carboxylic acids is 1. The molecule has 2 saturated heterocycles. The van der Waals surface area contributed by atoms with Gasteiger partial charge in [0.25, 0.3) is 0 Å². The van der Waals surface area contributed by atoms with E-state index in [2.05, 4.69) is 10.6 Å². The first-order chi connectivity index (χ1) is 12.3. The molecule has 150 valence electrons. The van der Waals surface area contributed by atoms with Crippen LogP contribution in [0.5, 0.6) is 0 Å². The molecule has 0 aromatic carbocycles. The number of unbranched alkanes of at least 4 members (excludes halogenated alkanes) is 2. The van der Waals surface area contributed by atoms with Gasteiger partial charge in [-0.1, -0.05) is 12.8 Å². The molecule has 0 unspecified atom stereocenters. The van der Waals surface area contributed by atoms with Gasteiger partial charge in [0.2, 0.25) is 5.91 Å². The molecule has 2 aliphatic rings. The molecule has 0 radical (unpaired) electrons. The van der Waals surface area contributed by atoms with Crippen molar-refractivity contribution in [3.05, 3.63) is 0 Å². The molecule has 0 aliphatic carbocycles. The van der Waals surface area contributed by atoms with Gasteiger partial charge in [-0.2, -0.15) is 11.8 Å². The number of rotatable bonds is 10. The van der Waals surface area contributed by atoms with Gasteiger partial charge >= 0.3 is 12.0 Å². The zero-order chi connectivity index (χ0) is 19.5. The Bertz CT molecular complexity index is 480. The summed E-state index contributed by atoms with van der Waals surface area (Å²) in [5.74, 6) is -0.197. The quantitative estimate of drug-likeness (QED) is 0.220. The molecule has 2 heterocycles. The van der Waals surface area contributed by atoms with Crippen molar-refractivity contribution in [2.45, 2.75) is 68.3 Å². The van der Waals surface area contributed by atoms with Crippen molar-refractivity contribution >= 4 is 29.7 Å². The standard InChI is InChI=1S/C10H16N2O3S.C6H15N3O/c13-8(14)4-2-1-3-7-9-6(5-16-7)11-10(15)12-9;7-4-2-1-3-5(8)6(9)10/h6-7,9H,1-5H2,(H,13,14)(H2,11,12,15);5H,1-4,7-8H2,(H2,9,10)/t6-,7-,9-;5-/m00/s1. The molecule has 0 aromatic heterocycles. The largest absolute Gasteiger partial charge is 0.481 e. The SMILES string of the molecule is NCCCC[C@H](N)C(N)=O.O=C(O)CCCC[C@@H]1SC[C@@H]2NC(=O)N[C@@H]21. The van der Waals surface area contributed by atoms with Crippen molar-refractivity contribution in [1.82, 2.24) is 10.6 Å². The van der Waals surface area contributed by atoms with Crippen LogP contribution >= 0.6 is 11.8 Å². The molecule has 9 N–H and O–H groups in total. The molecule has 0 aromatic rings. The lowest BCUT2D eigenvalue weighted by Crippen LogP contribution is -2.36. The third-order valence-electron chi connectivity index (χ3n) is 4.40. The molecule has 4 atom stereocenters. The van der Waals surface area contributed by atoms with Gasteiger partial charge < -0.3 is 32.9 Å². The number of nitrogens with two attached hydrogens (primary N) is 3. The maximum atomic E-state index is 11.1. The van der Waals surface area contributed by atoms with Crippen LogP contribution in [0.1, 0.15) is 44.9 Å². The van der Waals surface area contributed by atoms with Crippen LogP contribution in [-0.4, -0.2) is 58.7 Å². The van der Waals surface area contributed by atoms with Crippen molar-refractivity contribution in [2.75, 3.05) is 12.3 Å².